The molecule has 4 aromatic rings. The van der Waals surface area contributed by atoms with Crippen molar-refractivity contribution in [2.24, 2.45) is 0 Å². The lowest BCUT2D eigenvalue weighted by Gasteiger charge is -2.22. The van der Waals surface area contributed by atoms with Crippen molar-refractivity contribution in [3.05, 3.63) is 101 Å². The minimum Gasteiger partial charge on any atom is -0.484 e. The Morgan fingerprint density at radius 3 is 2.34 bits per heavy atom. The highest BCUT2D eigenvalue weighted by Gasteiger charge is 2.17. The van der Waals surface area contributed by atoms with Crippen LogP contribution in [0.1, 0.15) is 11.5 Å². The van der Waals surface area contributed by atoms with E-state index in [1.54, 1.807) is 29.2 Å². The lowest BCUT2D eigenvalue weighted by atomic mass is 10.2. The summed E-state index contributed by atoms with van der Waals surface area (Å²) in [4.78, 5) is 19.1. The number of amides is 1. The summed E-state index contributed by atoms with van der Waals surface area (Å²) in [6, 6.07) is 26.4. The van der Waals surface area contributed by atoms with Crippen LogP contribution in [0.2, 0.25) is 5.02 Å². The lowest BCUT2D eigenvalue weighted by molar-refractivity contribution is -0.134. The Hall–Kier alpha value is -3.64. The number of carbonyl (C=O) groups is 1. The molecule has 0 N–H and O–H groups in total. The summed E-state index contributed by atoms with van der Waals surface area (Å²) in [6.45, 7) is 0.811. The molecule has 0 atom stereocenters. The predicted molar refractivity (Wildman–Crippen MR) is 122 cm³/mol. The molecule has 3 aromatic carbocycles. The van der Waals surface area contributed by atoms with Gasteiger partial charge in [-0.25, -0.2) is 0 Å². The van der Waals surface area contributed by atoms with Crippen molar-refractivity contribution in [1.29, 1.82) is 0 Å². The zero-order valence-electron chi connectivity index (χ0n) is 17.4. The molecule has 0 unspecified atom stereocenters. The van der Waals surface area contributed by atoms with E-state index in [-0.39, 0.29) is 12.5 Å². The van der Waals surface area contributed by atoms with E-state index in [9.17, 15) is 4.79 Å². The van der Waals surface area contributed by atoms with E-state index in [1.807, 2.05) is 60.7 Å². The van der Waals surface area contributed by atoms with E-state index in [4.69, 9.17) is 20.9 Å². The zero-order chi connectivity index (χ0) is 22.2. The van der Waals surface area contributed by atoms with Gasteiger partial charge in [0.05, 0.1) is 0 Å². The van der Waals surface area contributed by atoms with E-state index in [0.717, 1.165) is 11.1 Å². The third-order valence-corrected chi connectivity index (χ3v) is 5.09. The van der Waals surface area contributed by atoms with Gasteiger partial charge in [-0.1, -0.05) is 77.4 Å². The molecule has 1 amide bonds. The van der Waals surface area contributed by atoms with Gasteiger partial charge in [-0.3, -0.25) is 4.79 Å². The van der Waals surface area contributed by atoms with Crippen LogP contribution < -0.4 is 4.74 Å². The number of rotatable bonds is 9. The molecule has 0 spiro atoms. The molecule has 0 saturated carbocycles. The number of aromatic nitrogens is 2. The topological polar surface area (TPSA) is 68.5 Å². The van der Waals surface area contributed by atoms with Crippen LogP contribution in [0.5, 0.6) is 5.75 Å². The van der Waals surface area contributed by atoms with E-state index in [0.29, 0.717) is 42.0 Å². The Kier molecular flexibility index (Phi) is 7.15. The zero-order valence-corrected chi connectivity index (χ0v) is 18.1. The molecule has 6 nitrogen and oxygen atoms in total. The maximum Gasteiger partial charge on any atom is 0.260 e. The molecule has 32 heavy (non-hydrogen) atoms. The van der Waals surface area contributed by atoms with E-state index in [2.05, 4.69) is 10.1 Å². The first-order valence-corrected chi connectivity index (χ1v) is 10.6. The SMILES string of the molecule is O=C(COc1ccc(Cl)cc1)N(CCc1nc(-c2ccccc2)no1)Cc1ccccc1. The van der Waals surface area contributed by atoms with Crippen LogP contribution in [-0.4, -0.2) is 34.1 Å². The Morgan fingerprint density at radius 1 is 0.938 bits per heavy atom. The number of benzene rings is 3. The molecule has 0 saturated heterocycles. The summed E-state index contributed by atoms with van der Waals surface area (Å²) < 4.78 is 11.1. The Morgan fingerprint density at radius 2 is 1.62 bits per heavy atom. The van der Waals surface area contributed by atoms with Crippen molar-refractivity contribution < 1.29 is 14.1 Å². The predicted octanol–water partition coefficient (Wildman–Crippen LogP) is 5.04. The van der Waals surface area contributed by atoms with Gasteiger partial charge in [0.15, 0.2) is 6.61 Å². The number of nitrogens with zero attached hydrogens (tertiary/aromatic N) is 3. The highest BCUT2D eigenvalue weighted by Crippen LogP contribution is 2.17. The summed E-state index contributed by atoms with van der Waals surface area (Å²) in [5, 5.41) is 4.67. The number of halogens is 1. The molecular weight excluding hydrogens is 426 g/mol. The van der Waals surface area contributed by atoms with Crippen LogP contribution >= 0.6 is 11.6 Å². The molecule has 7 heteroatoms. The molecule has 1 heterocycles. The van der Waals surface area contributed by atoms with E-state index < -0.39 is 0 Å². The first kappa shape index (κ1) is 21.6. The van der Waals surface area contributed by atoms with Gasteiger partial charge < -0.3 is 14.2 Å². The standard InChI is InChI=1S/C25H22ClN3O3/c26-21-11-13-22(14-12-21)31-18-24(30)29(17-19-7-3-1-4-8-19)16-15-23-27-25(28-32-23)20-9-5-2-6-10-20/h1-14H,15-18H2. The van der Waals surface area contributed by atoms with Gasteiger partial charge in [0, 0.05) is 30.1 Å². The summed E-state index contributed by atoms with van der Waals surface area (Å²) >= 11 is 5.90. The largest absolute Gasteiger partial charge is 0.484 e. The highest BCUT2D eigenvalue weighted by molar-refractivity contribution is 6.30. The Bertz CT molecular complexity index is 1130. The second-order valence-electron chi connectivity index (χ2n) is 7.17. The monoisotopic (exact) mass is 447 g/mol. The Labute approximate surface area is 191 Å². The van der Waals surface area contributed by atoms with Gasteiger partial charge in [0.2, 0.25) is 11.7 Å². The van der Waals surface area contributed by atoms with Crippen LogP contribution in [0.4, 0.5) is 0 Å². The molecule has 0 bridgehead atoms. The third kappa shape index (κ3) is 5.95. The second kappa shape index (κ2) is 10.6. The first-order valence-electron chi connectivity index (χ1n) is 10.3. The summed E-state index contributed by atoms with van der Waals surface area (Å²) in [7, 11) is 0. The number of carbonyl (C=O) groups excluding carboxylic acids is 1. The molecule has 0 aliphatic carbocycles. The number of hydrogen-bond acceptors (Lipinski definition) is 5. The third-order valence-electron chi connectivity index (χ3n) is 4.84. The van der Waals surface area contributed by atoms with Crippen LogP contribution in [0.25, 0.3) is 11.4 Å². The summed E-state index contributed by atoms with van der Waals surface area (Å²) in [5.41, 5.74) is 1.92. The van der Waals surface area contributed by atoms with Crippen molar-refractivity contribution in [1.82, 2.24) is 15.0 Å². The van der Waals surface area contributed by atoms with Crippen LogP contribution in [-0.2, 0) is 17.8 Å². The van der Waals surface area contributed by atoms with Crippen molar-refractivity contribution in [2.45, 2.75) is 13.0 Å². The van der Waals surface area contributed by atoms with Gasteiger partial charge in [-0.2, -0.15) is 4.98 Å². The number of ether oxygens (including phenoxy) is 1. The van der Waals surface area contributed by atoms with Crippen molar-refractivity contribution in [3.63, 3.8) is 0 Å². The molecule has 0 aliphatic rings. The van der Waals surface area contributed by atoms with Crippen molar-refractivity contribution in [3.8, 4) is 17.1 Å². The average molecular weight is 448 g/mol. The van der Waals surface area contributed by atoms with Gasteiger partial charge >= 0.3 is 0 Å². The molecule has 0 fully saturated rings. The summed E-state index contributed by atoms with van der Waals surface area (Å²) in [5.74, 6) is 1.47. The molecule has 0 aliphatic heterocycles. The quantitative estimate of drug-likeness (QED) is 0.359. The minimum atomic E-state index is -0.133. The van der Waals surface area contributed by atoms with Crippen LogP contribution in [0.3, 0.4) is 0 Å². The van der Waals surface area contributed by atoms with E-state index >= 15 is 0 Å². The lowest BCUT2D eigenvalue weighted by Crippen LogP contribution is -2.36. The number of hydrogen-bond donors (Lipinski definition) is 0. The van der Waals surface area contributed by atoms with Gasteiger partial charge in [0.25, 0.3) is 5.91 Å². The fourth-order valence-corrected chi connectivity index (χ4v) is 3.28. The molecular formula is C25H22ClN3O3. The molecule has 1 aromatic heterocycles. The van der Waals surface area contributed by atoms with Gasteiger partial charge in [-0.05, 0) is 29.8 Å². The maximum atomic E-state index is 12.9. The molecule has 162 valence electrons. The normalized spacial score (nSPS) is 10.7. The van der Waals surface area contributed by atoms with Crippen LogP contribution in [0.15, 0.2) is 89.5 Å². The van der Waals surface area contributed by atoms with Gasteiger partial charge in [-0.15, -0.1) is 0 Å². The summed E-state index contributed by atoms with van der Waals surface area (Å²) in [6.07, 6.45) is 0.444. The highest BCUT2D eigenvalue weighted by atomic mass is 35.5. The average Bonchev–Trinajstić information content (AvgIpc) is 3.31. The van der Waals surface area contributed by atoms with Crippen LogP contribution in [0, 0.1) is 0 Å². The van der Waals surface area contributed by atoms with Crippen molar-refractivity contribution >= 4 is 17.5 Å². The second-order valence-corrected chi connectivity index (χ2v) is 7.61. The molecule has 0 radical (unpaired) electrons. The maximum absolute atomic E-state index is 12.9. The fraction of sp³-hybridized carbons (Fsp3) is 0.160. The van der Waals surface area contributed by atoms with Crippen molar-refractivity contribution in [2.75, 3.05) is 13.2 Å². The minimum absolute atomic E-state index is 0.0758. The fourth-order valence-electron chi connectivity index (χ4n) is 3.15. The molecule has 4 rings (SSSR count). The first-order chi connectivity index (χ1) is 15.7. The van der Waals surface area contributed by atoms with E-state index in [1.165, 1.54) is 0 Å². The van der Waals surface area contributed by atoms with Gasteiger partial charge in [0.1, 0.15) is 5.75 Å². The smallest absolute Gasteiger partial charge is 0.260 e. The Balaban J connectivity index is 1.41.